The van der Waals surface area contributed by atoms with Crippen LogP contribution in [0.5, 0.6) is 0 Å². The van der Waals surface area contributed by atoms with Gasteiger partial charge in [0.1, 0.15) is 0 Å². The number of carbonyl (C=O) groups is 1. The number of allylic oxidation sites excluding steroid dienone is 3. The van der Waals surface area contributed by atoms with Crippen molar-refractivity contribution >= 4 is 5.91 Å². The van der Waals surface area contributed by atoms with Gasteiger partial charge < -0.3 is 16.0 Å². The van der Waals surface area contributed by atoms with Crippen molar-refractivity contribution in [3.63, 3.8) is 0 Å². The van der Waals surface area contributed by atoms with Gasteiger partial charge in [0.05, 0.1) is 12.1 Å². The molecule has 0 unspecified atom stereocenters. The molecule has 1 aromatic rings. The number of nitrogens with one attached hydrogen (secondary N) is 3. The molecule has 0 aromatic heterocycles. The van der Waals surface area contributed by atoms with Gasteiger partial charge in [0.2, 0.25) is 5.91 Å². The maximum atomic E-state index is 12.6. The van der Waals surface area contributed by atoms with Gasteiger partial charge >= 0.3 is 0 Å². The zero-order chi connectivity index (χ0) is 21.9. The van der Waals surface area contributed by atoms with E-state index in [9.17, 15) is 4.79 Å². The molecule has 4 nitrogen and oxygen atoms in total. The summed E-state index contributed by atoms with van der Waals surface area (Å²) in [5, 5.41) is 9.57. The summed E-state index contributed by atoms with van der Waals surface area (Å²) in [5.74, 6) is 3.21. The highest BCUT2D eigenvalue weighted by atomic mass is 16.1. The predicted octanol–water partition coefficient (Wildman–Crippen LogP) is 4.20. The van der Waals surface area contributed by atoms with Crippen LogP contribution in [0.1, 0.15) is 38.7 Å². The molecule has 0 fully saturated rings. The van der Waals surface area contributed by atoms with Gasteiger partial charge in [-0.25, -0.2) is 0 Å². The average molecular weight is 404 g/mol. The van der Waals surface area contributed by atoms with Crippen LogP contribution in [-0.4, -0.2) is 18.0 Å². The number of aryl methyl sites for hydroxylation is 1. The highest BCUT2D eigenvalue weighted by Crippen LogP contribution is 2.18. The van der Waals surface area contributed by atoms with E-state index in [4.69, 9.17) is 6.42 Å². The maximum Gasteiger partial charge on any atom is 0.220 e. The average Bonchev–Trinajstić information content (AvgIpc) is 2.73. The molecule has 0 saturated heterocycles. The fourth-order valence-electron chi connectivity index (χ4n) is 3.32. The molecule has 2 rings (SSSR count). The van der Waals surface area contributed by atoms with E-state index in [0.717, 1.165) is 29.0 Å². The molecule has 0 aliphatic carbocycles. The van der Waals surface area contributed by atoms with Crippen molar-refractivity contribution in [1.82, 2.24) is 16.0 Å². The molecule has 30 heavy (non-hydrogen) atoms. The summed E-state index contributed by atoms with van der Waals surface area (Å²) in [4.78, 5) is 12.6. The predicted molar refractivity (Wildman–Crippen MR) is 125 cm³/mol. The summed E-state index contributed by atoms with van der Waals surface area (Å²) >= 11 is 0. The van der Waals surface area contributed by atoms with Crippen LogP contribution < -0.4 is 16.0 Å². The Morgan fingerprint density at radius 2 is 1.97 bits per heavy atom. The molecule has 1 aliphatic rings. The lowest BCUT2D eigenvalue weighted by Crippen LogP contribution is -2.43. The Hall–Kier alpha value is -3.19. The van der Waals surface area contributed by atoms with E-state index in [0.29, 0.717) is 25.2 Å². The van der Waals surface area contributed by atoms with Crippen LogP contribution in [0.15, 0.2) is 78.8 Å². The van der Waals surface area contributed by atoms with Crippen LogP contribution in [-0.2, 0) is 11.2 Å². The Kier molecular flexibility index (Phi) is 9.03. The minimum absolute atomic E-state index is 0.0161. The number of amides is 1. The lowest BCUT2D eigenvalue weighted by molar-refractivity contribution is -0.121. The third-order valence-corrected chi connectivity index (χ3v) is 4.97. The first-order valence-electron chi connectivity index (χ1n) is 10.4. The monoisotopic (exact) mass is 403 g/mol. The Labute approximate surface area is 181 Å². The van der Waals surface area contributed by atoms with Crippen LogP contribution in [0.3, 0.4) is 0 Å². The van der Waals surface area contributed by atoms with E-state index in [2.05, 4.69) is 48.9 Å². The minimum atomic E-state index is -0.232. The summed E-state index contributed by atoms with van der Waals surface area (Å²) in [5.41, 5.74) is 3.79. The number of dihydropyridines is 1. The van der Waals surface area contributed by atoms with Crippen LogP contribution in [0.25, 0.3) is 0 Å². The summed E-state index contributed by atoms with van der Waals surface area (Å²) in [6.07, 6.45) is 14.1. The number of hydrogen-bond donors (Lipinski definition) is 3. The number of benzene rings is 1. The largest absolute Gasteiger partial charge is 0.373 e. The van der Waals surface area contributed by atoms with Crippen molar-refractivity contribution in [2.24, 2.45) is 5.92 Å². The first-order chi connectivity index (χ1) is 14.4. The second kappa shape index (κ2) is 11.7. The SMILES string of the molecule is C#C[C@H](CC1=CC=CNC1=C)NC(=C)[C@H](CC(C)C)NC(=O)CCc1ccccc1. The first-order valence-corrected chi connectivity index (χ1v) is 10.4. The summed E-state index contributed by atoms with van der Waals surface area (Å²) in [6, 6.07) is 9.62. The van der Waals surface area contributed by atoms with E-state index in [1.54, 1.807) is 0 Å². The number of carbonyl (C=O) groups excluding carboxylic acids is 1. The van der Waals surface area contributed by atoms with Crippen LogP contribution in [0.4, 0.5) is 0 Å². The van der Waals surface area contributed by atoms with Gasteiger partial charge in [-0.3, -0.25) is 4.79 Å². The fraction of sp³-hybridized carbons (Fsp3) is 0.346. The lowest BCUT2D eigenvalue weighted by Gasteiger charge is -2.27. The van der Waals surface area contributed by atoms with Crippen LogP contribution in [0, 0.1) is 18.3 Å². The van der Waals surface area contributed by atoms with Crippen LogP contribution >= 0.6 is 0 Å². The summed E-state index contributed by atoms with van der Waals surface area (Å²) < 4.78 is 0. The van der Waals surface area contributed by atoms with Gasteiger partial charge in [-0.15, -0.1) is 6.42 Å². The Balaban J connectivity index is 1.95. The maximum absolute atomic E-state index is 12.6. The third-order valence-electron chi connectivity index (χ3n) is 4.97. The first kappa shape index (κ1) is 23.1. The van der Waals surface area contributed by atoms with E-state index in [-0.39, 0.29) is 18.0 Å². The molecular weight excluding hydrogens is 370 g/mol. The van der Waals surface area contributed by atoms with Crippen molar-refractivity contribution in [1.29, 1.82) is 0 Å². The number of terminal acetylenes is 1. The zero-order valence-corrected chi connectivity index (χ0v) is 18.1. The van der Waals surface area contributed by atoms with Crippen molar-refractivity contribution in [2.45, 2.75) is 51.6 Å². The van der Waals surface area contributed by atoms with Gasteiger partial charge in [-0.1, -0.05) is 69.3 Å². The molecule has 1 aliphatic heterocycles. The van der Waals surface area contributed by atoms with Crippen molar-refractivity contribution < 1.29 is 4.79 Å². The summed E-state index contributed by atoms with van der Waals surface area (Å²) in [7, 11) is 0. The Morgan fingerprint density at radius 1 is 1.23 bits per heavy atom. The summed E-state index contributed by atoms with van der Waals surface area (Å²) in [6.45, 7) is 12.5. The van der Waals surface area contributed by atoms with Crippen LogP contribution in [0.2, 0.25) is 0 Å². The molecule has 1 aromatic carbocycles. The molecule has 0 spiro atoms. The third kappa shape index (κ3) is 7.67. The second-order valence-corrected chi connectivity index (χ2v) is 8.00. The Morgan fingerprint density at radius 3 is 2.60 bits per heavy atom. The van der Waals surface area contributed by atoms with E-state index < -0.39 is 0 Å². The van der Waals surface area contributed by atoms with Gasteiger partial charge in [0, 0.05) is 30.4 Å². The van der Waals surface area contributed by atoms with Gasteiger partial charge in [-0.05, 0) is 36.0 Å². The molecule has 3 N–H and O–H groups in total. The van der Waals surface area contributed by atoms with Crippen molar-refractivity contribution in [3.8, 4) is 12.3 Å². The van der Waals surface area contributed by atoms with E-state index in [1.165, 1.54) is 0 Å². The van der Waals surface area contributed by atoms with Gasteiger partial charge in [0.15, 0.2) is 0 Å². The minimum Gasteiger partial charge on any atom is -0.373 e. The molecule has 0 bridgehead atoms. The second-order valence-electron chi connectivity index (χ2n) is 8.00. The standard InChI is InChI=1S/C26H33N3O/c1-6-24(18-23-13-10-16-27-20(23)4)28-21(5)25(17-19(2)3)29-26(30)15-14-22-11-8-7-9-12-22/h1,7-13,16,19,24-25,27-28H,4-5,14-15,17-18H2,2-3H3,(H,29,30)/t24-,25+/m1/s1. The van der Waals surface area contributed by atoms with Gasteiger partial charge in [-0.2, -0.15) is 0 Å². The highest BCUT2D eigenvalue weighted by molar-refractivity contribution is 5.76. The molecule has 1 amide bonds. The van der Waals surface area contributed by atoms with E-state index in [1.807, 2.05) is 48.7 Å². The molecule has 4 heteroatoms. The molecule has 2 atom stereocenters. The highest BCUT2D eigenvalue weighted by Gasteiger charge is 2.20. The molecule has 158 valence electrons. The molecular formula is C26H33N3O. The Bertz CT molecular complexity index is 843. The van der Waals surface area contributed by atoms with Gasteiger partial charge in [0.25, 0.3) is 0 Å². The molecule has 0 radical (unpaired) electrons. The fourth-order valence-corrected chi connectivity index (χ4v) is 3.32. The van der Waals surface area contributed by atoms with Crippen molar-refractivity contribution in [3.05, 3.63) is 84.4 Å². The topological polar surface area (TPSA) is 53.2 Å². The van der Waals surface area contributed by atoms with E-state index >= 15 is 0 Å². The number of hydrogen-bond acceptors (Lipinski definition) is 3. The van der Waals surface area contributed by atoms with Crippen molar-refractivity contribution in [2.75, 3.05) is 0 Å². The number of rotatable bonds is 11. The molecule has 1 heterocycles. The molecule has 0 saturated carbocycles. The zero-order valence-electron chi connectivity index (χ0n) is 18.1. The normalized spacial score (nSPS) is 14.9. The lowest BCUT2D eigenvalue weighted by atomic mass is 9.98. The quantitative estimate of drug-likeness (QED) is 0.485. The smallest absolute Gasteiger partial charge is 0.220 e.